The molecule has 0 radical (unpaired) electrons. The number of hydrogen-bond acceptors (Lipinski definition) is 3. The Morgan fingerprint density at radius 2 is 2.06 bits per heavy atom. The van der Waals surface area contributed by atoms with Crippen LogP contribution in [0.3, 0.4) is 0 Å². The molecule has 1 aliphatic heterocycles. The van der Waals surface area contributed by atoms with Gasteiger partial charge in [-0.3, -0.25) is 4.79 Å². The van der Waals surface area contributed by atoms with Crippen LogP contribution in [0, 0.1) is 0 Å². The summed E-state index contributed by atoms with van der Waals surface area (Å²) in [7, 11) is 1.64. The van der Waals surface area contributed by atoms with Crippen LogP contribution in [0.15, 0.2) is 24.3 Å². The fourth-order valence-corrected chi connectivity index (χ4v) is 2.20. The summed E-state index contributed by atoms with van der Waals surface area (Å²) in [5, 5.41) is 0. The van der Waals surface area contributed by atoms with Crippen LogP contribution in [0.1, 0.15) is 24.9 Å². The Hall–Kier alpha value is -1.55. The summed E-state index contributed by atoms with van der Waals surface area (Å²) in [6, 6.07) is 7.84. The van der Waals surface area contributed by atoms with Gasteiger partial charge in [0.1, 0.15) is 5.75 Å². The monoisotopic (exact) mass is 234 g/mol. The van der Waals surface area contributed by atoms with Crippen molar-refractivity contribution in [2.45, 2.75) is 25.4 Å². The molecule has 1 aromatic rings. The molecule has 0 saturated carbocycles. The highest BCUT2D eigenvalue weighted by Crippen LogP contribution is 2.26. The lowest BCUT2D eigenvalue weighted by molar-refractivity contribution is -0.129. The van der Waals surface area contributed by atoms with Crippen LogP contribution < -0.4 is 10.5 Å². The van der Waals surface area contributed by atoms with Gasteiger partial charge in [0, 0.05) is 19.0 Å². The molecule has 17 heavy (non-hydrogen) atoms. The Bertz CT molecular complexity index is 402. The summed E-state index contributed by atoms with van der Waals surface area (Å²) < 4.78 is 5.11. The highest BCUT2D eigenvalue weighted by molar-refractivity contribution is 5.79. The van der Waals surface area contributed by atoms with Crippen molar-refractivity contribution in [2.24, 2.45) is 5.73 Å². The second-order valence-electron chi connectivity index (χ2n) is 4.46. The van der Waals surface area contributed by atoms with Gasteiger partial charge in [0.05, 0.1) is 13.2 Å². The average molecular weight is 234 g/mol. The zero-order valence-corrected chi connectivity index (χ0v) is 10.2. The van der Waals surface area contributed by atoms with Crippen LogP contribution in [0.4, 0.5) is 0 Å². The van der Waals surface area contributed by atoms with Crippen LogP contribution in [0.2, 0.25) is 0 Å². The van der Waals surface area contributed by atoms with Crippen molar-refractivity contribution in [1.29, 1.82) is 0 Å². The van der Waals surface area contributed by atoms with Crippen molar-refractivity contribution in [3.8, 4) is 5.75 Å². The SMILES string of the molecule is COc1ccc([C@H](C)N2CC(N)CC2=O)cc1. The maximum Gasteiger partial charge on any atom is 0.224 e. The third-order valence-electron chi connectivity index (χ3n) is 3.25. The Morgan fingerprint density at radius 1 is 1.41 bits per heavy atom. The number of likely N-dealkylation sites (tertiary alicyclic amines) is 1. The van der Waals surface area contributed by atoms with Gasteiger partial charge in [0.2, 0.25) is 5.91 Å². The van der Waals surface area contributed by atoms with Gasteiger partial charge in [-0.2, -0.15) is 0 Å². The normalized spacial score (nSPS) is 21.7. The van der Waals surface area contributed by atoms with E-state index in [9.17, 15) is 4.79 Å². The first-order valence-corrected chi connectivity index (χ1v) is 5.81. The van der Waals surface area contributed by atoms with Gasteiger partial charge in [-0.25, -0.2) is 0 Å². The first-order chi connectivity index (χ1) is 8.11. The van der Waals surface area contributed by atoms with E-state index in [1.54, 1.807) is 7.11 Å². The van der Waals surface area contributed by atoms with Crippen molar-refractivity contribution in [1.82, 2.24) is 4.90 Å². The number of amides is 1. The number of nitrogens with zero attached hydrogens (tertiary/aromatic N) is 1. The quantitative estimate of drug-likeness (QED) is 0.858. The predicted octanol–water partition coefficient (Wildman–Crippen LogP) is 1.32. The van der Waals surface area contributed by atoms with Gasteiger partial charge in [0.25, 0.3) is 0 Å². The van der Waals surface area contributed by atoms with Crippen LogP contribution >= 0.6 is 0 Å². The van der Waals surface area contributed by atoms with Gasteiger partial charge in [-0.05, 0) is 24.6 Å². The Kier molecular flexibility index (Phi) is 3.33. The molecule has 2 N–H and O–H groups in total. The third kappa shape index (κ3) is 2.42. The molecule has 1 aliphatic rings. The van der Waals surface area contributed by atoms with E-state index in [0.29, 0.717) is 13.0 Å². The fourth-order valence-electron chi connectivity index (χ4n) is 2.20. The zero-order valence-electron chi connectivity index (χ0n) is 10.2. The van der Waals surface area contributed by atoms with Crippen molar-refractivity contribution in [2.75, 3.05) is 13.7 Å². The standard InChI is InChI=1S/C13H18N2O2/c1-9(15-8-11(14)7-13(15)16)10-3-5-12(17-2)6-4-10/h3-6,9,11H,7-8,14H2,1-2H3/t9-,11?/m0/s1. The van der Waals surface area contributed by atoms with Gasteiger partial charge in [0.15, 0.2) is 0 Å². The molecule has 1 saturated heterocycles. The lowest BCUT2D eigenvalue weighted by atomic mass is 10.1. The lowest BCUT2D eigenvalue weighted by Gasteiger charge is -2.25. The first kappa shape index (κ1) is 11.9. The Labute approximate surface area is 101 Å². The average Bonchev–Trinajstić information content (AvgIpc) is 2.68. The molecule has 1 unspecified atom stereocenters. The Balaban J connectivity index is 2.13. The molecule has 0 aliphatic carbocycles. The number of hydrogen-bond donors (Lipinski definition) is 1. The molecule has 0 bridgehead atoms. The molecule has 2 rings (SSSR count). The number of ether oxygens (including phenoxy) is 1. The summed E-state index contributed by atoms with van der Waals surface area (Å²) in [6.07, 6.45) is 0.459. The van der Waals surface area contributed by atoms with E-state index in [0.717, 1.165) is 11.3 Å². The molecule has 4 nitrogen and oxygen atoms in total. The molecule has 4 heteroatoms. The predicted molar refractivity (Wildman–Crippen MR) is 65.7 cm³/mol. The summed E-state index contributed by atoms with van der Waals surface area (Å²) in [5.74, 6) is 0.964. The van der Waals surface area contributed by atoms with Crippen molar-refractivity contribution >= 4 is 5.91 Å². The summed E-state index contributed by atoms with van der Waals surface area (Å²) in [4.78, 5) is 13.6. The van der Waals surface area contributed by atoms with Gasteiger partial charge >= 0.3 is 0 Å². The fraction of sp³-hybridized carbons (Fsp3) is 0.462. The maximum atomic E-state index is 11.7. The number of methoxy groups -OCH3 is 1. The van der Waals surface area contributed by atoms with Crippen LogP contribution in [0.5, 0.6) is 5.75 Å². The summed E-state index contributed by atoms with van der Waals surface area (Å²) >= 11 is 0. The minimum absolute atomic E-state index is 0.0248. The smallest absolute Gasteiger partial charge is 0.224 e. The van der Waals surface area contributed by atoms with Gasteiger partial charge in [-0.1, -0.05) is 12.1 Å². The number of nitrogens with two attached hydrogens (primary N) is 1. The molecule has 1 fully saturated rings. The number of benzene rings is 1. The Morgan fingerprint density at radius 3 is 2.53 bits per heavy atom. The molecule has 2 atom stereocenters. The molecule has 1 amide bonds. The van der Waals surface area contributed by atoms with Crippen molar-refractivity contribution < 1.29 is 9.53 Å². The largest absolute Gasteiger partial charge is 0.497 e. The molecule has 0 spiro atoms. The maximum absolute atomic E-state index is 11.7. The van der Waals surface area contributed by atoms with E-state index in [2.05, 4.69) is 0 Å². The first-order valence-electron chi connectivity index (χ1n) is 5.81. The number of carbonyl (C=O) groups is 1. The van der Waals surface area contributed by atoms with E-state index in [4.69, 9.17) is 10.5 Å². The third-order valence-corrected chi connectivity index (χ3v) is 3.25. The van der Waals surface area contributed by atoms with E-state index >= 15 is 0 Å². The van der Waals surface area contributed by atoms with Gasteiger partial charge < -0.3 is 15.4 Å². The second kappa shape index (κ2) is 4.75. The number of rotatable bonds is 3. The van der Waals surface area contributed by atoms with E-state index in [1.165, 1.54) is 0 Å². The lowest BCUT2D eigenvalue weighted by Crippen LogP contribution is -2.30. The molecule has 1 heterocycles. The molecule has 0 aromatic heterocycles. The highest BCUT2D eigenvalue weighted by atomic mass is 16.5. The van der Waals surface area contributed by atoms with Crippen LogP contribution in [0.25, 0.3) is 0 Å². The van der Waals surface area contributed by atoms with Crippen molar-refractivity contribution in [3.63, 3.8) is 0 Å². The molecular formula is C13H18N2O2. The second-order valence-corrected chi connectivity index (χ2v) is 4.46. The zero-order chi connectivity index (χ0) is 12.4. The summed E-state index contributed by atoms with van der Waals surface area (Å²) in [5.41, 5.74) is 6.90. The minimum Gasteiger partial charge on any atom is -0.497 e. The van der Waals surface area contributed by atoms with E-state index < -0.39 is 0 Å². The minimum atomic E-state index is -0.0248. The molecular weight excluding hydrogens is 216 g/mol. The van der Waals surface area contributed by atoms with Crippen LogP contribution in [-0.4, -0.2) is 30.5 Å². The van der Waals surface area contributed by atoms with Crippen molar-refractivity contribution in [3.05, 3.63) is 29.8 Å². The summed E-state index contributed by atoms with van der Waals surface area (Å²) in [6.45, 7) is 2.67. The topological polar surface area (TPSA) is 55.6 Å². The highest BCUT2D eigenvalue weighted by Gasteiger charge is 2.30. The van der Waals surface area contributed by atoms with E-state index in [1.807, 2.05) is 36.1 Å². The molecule has 1 aromatic carbocycles. The van der Waals surface area contributed by atoms with Gasteiger partial charge in [-0.15, -0.1) is 0 Å². The van der Waals surface area contributed by atoms with E-state index in [-0.39, 0.29) is 18.0 Å². The number of carbonyl (C=O) groups excluding carboxylic acids is 1. The molecule has 92 valence electrons. The van der Waals surface area contributed by atoms with Crippen LogP contribution in [-0.2, 0) is 4.79 Å².